The number of carbonyl (C=O) groups is 1. The van der Waals surface area contributed by atoms with Gasteiger partial charge in [0.2, 0.25) is 11.8 Å². The number of anilines is 2. The molecule has 1 saturated carbocycles. The van der Waals surface area contributed by atoms with Gasteiger partial charge in [0.05, 0.1) is 56.5 Å². The van der Waals surface area contributed by atoms with Crippen LogP contribution in [0, 0.1) is 12.8 Å². The maximum Gasteiger partial charge on any atom is 0.356 e. The van der Waals surface area contributed by atoms with E-state index in [9.17, 15) is 9.36 Å². The third-order valence-corrected chi connectivity index (χ3v) is 8.86. The van der Waals surface area contributed by atoms with Gasteiger partial charge in [-0.05, 0) is 75.6 Å². The Bertz CT molecular complexity index is 1130. The summed E-state index contributed by atoms with van der Waals surface area (Å²) in [6, 6.07) is 5.47. The number of rotatable bonds is 10. The average molecular weight is 533 g/mol. The number of ether oxygens (including phenoxy) is 2. The van der Waals surface area contributed by atoms with Crippen LogP contribution in [0.4, 0.5) is 11.5 Å². The van der Waals surface area contributed by atoms with E-state index in [0.717, 1.165) is 48.2 Å². The number of amides is 1. The third-order valence-electron chi connectivity index (χ3n) is 7.09. The molecule has 2 aromatic heterocycles. The van der Waals surface area contributed by atoms with Crippen molar-refractivity contribution in [2.24, 2.45) is 5.92 Å². The van der Waals surface area contributed by atoms with Gasteiger partial charge in [-0.25, -0.2) is 9.97 Å². The Morgan fingerprint density at radius 2 is 1.84 bits per heavy atom. The second-order valence-electron chi connectivity index (χ2n) is 9.47. The number of hydrogen-bond donors (Lipinski definition) is 1. The summed E-state index contributed by atoms with van der Waals surface area (Å²) in [5, 5.41) is 0. The number of fused-ring (bicyclic) bond motifs is 1. The van der Waals surface area contributed by atoms with E-state index in [1.165, 1.54) is 0 Å². The average Bonchev–Trinajstić information content (AvgIpc) is 2.88. The Labute approximate surface area is 218 Å². The molecule has 1 aliphatic carbocycles. The van der Waals surface area contributed by atoms with Crippen LogP contribution in [0.5, 0.6) is 5.88 Å². The molecular weight excluding hydrogens is 495 g/mol. The summed E-state index contributed by atoms with van der Waals surface area (Å²) in [7, 11) is -1.70. The molecule has 0 saturated heterocycles. The fourth-order valence-corrected chi connectivity index (χ4v) is 6.72. The lowest BCUT2D eigenvalue weighted by atomic mass is 9.74. The minimum atomic E-state index is -3.26. The second kappa shape index (κ2) is 11.9. The van der Waals surface area contributed by atoms with Crippen molar-refractivity contribution in [1.82, 2.24) is 9.97 Å². The largest absolute Gasteiger partial charge is 0.481 e. The van der Waals surface area contributed by atoms with Crippen molar-refractivity contribution in [1.29, 1.82) is 0 Å². The lowest BCUT2D eigenvalue weighted by Gasteiger charge is -2.40. The molecule has 0 radical (unpaired) electrons. The number of pyridine rings is 2. The zero-order valence-electron chi connectivity index (χ0n) is 22.0. The van der Waals surface area contributed by atoms with Crippen LogP contribution in [-0.4, -0.2) is 48.7 Å². The zero-order chi connectivity index (χ0) is 26.6. The molecule has 2 aromatic rings. The summed E-state index contributed by atoms with van der Waals surface area (Å²) in [5.41, 5.74) is 9.67. The molecule has 0 bridgehead atoms. The summed E-state index contributed by atoms with van der Waals surface area (Å²) >= 11 is 0. The van der Waals surface area contributed by atoms with Crippen LogP contribution in [-0.2, 0) is 29.7 Å². The van der Waals surface area contributed by atoms with Gasteiger partial charge in [-0.2, -0.15) is 0 Å². The van der Waals surface area contributed by atoms with Gasteiger partial charge in [0.25, 0.3) is 0 Å². The summed E-state index contributed by atoms with van der Waals surface area (Å²) < 4.78 is 34.6. The maximum atomic E-state index is 13.9. The molecule has 1 atom stereocenters. The van der Waals surface area contributed by atoms with Crippen molar-refractivity contribution in [3.63, 3.8) is 0 Å². The minimum absolute atomic E-state index is 0.00136. The third kappa shape index (κ3) is 6.14. The molecule has 1 unspecified atom stereocenters. The first-order chi connectivity index (χ1) is 17.8. The highest BCUT2D eigenvalue weighted by atomic mass is 31.2. The summed E-state index contributed by atoms with van der Waals surface area (Å²) in [6.07, 6.45) is 4.57. The second-order valence-corrected chi connectivity index (χ2v) is 11.5. The first-order valence-corrected chi connectivity index (χ1v) is 14.6. The normalized spacial score (nSPS) is 22.1. The van der Waals surface area contributed by atoms with Crippen molar-refractivity contribution in [3.8, 4) is 5.88 Å². The molecule has 1 amide bonds. The molecule has 0 spiro atoms. The standard InChI is InChI=1S/C26H37N4O6P/c1-5-35-37(32,36-6-2)16-34-20-10-7-18(8-11-20)24-25-21(17(3)13-22(27)29-25)15-30(26(24)31)19-9-12-23(33-4)28-14-19/h9,12-14,18,20,24H,5-8,10-11,15-16H2,1-4H3,(H2,27,29). The Morgan fingerprint density at radius 1 is 1.14 bits per heavy atom. The van der Waals surface area contributed by atoms with Crippen molar-refractivity contribution in [2.75, 3.05) is 37.3 Å². The molecule has 4 rings (SSSR count). The van der Waals surface area contributed by atoms with Crippen LogP contribution in [0.15, 0.2) is 24.4 Å². The quantitative estimate of drug-likeness (QED) is 0.429. The van der Waals surface area contributed by atoms with Gasteiger partial charge < -0.3 is 29.2 Å². The van der Waals surface area contributed by atoms with E-state index in [2.05, 4.69) is 9.97 Å². The fourth-order valence-electron chi connectivity index (χ4n) is 5.32. The number of nitrogens with two attached hydrogens (primary N) is 1. The van der Waals surface area contributed by atoms with Crippen LogP contribution in [0.1, 0.15) is 62.3 Å². The molecule has 1 aliphatic heterocycles. The van der Waals surface area contributed by atoms with Crippen LogP contribution in [0.3, 0.4) is 0 Å². The smallest absolute Gasteiger partial charge is 0.356 e. The van der Waals surface area contributed by atoms with E-state index >= 15 is 0 Å². The summed E-state index contributed by atoms with van der Waals surface area (Å²) in [4.78, 5) is 24.7. The first-order valence-electron chi connectivity index (χ1n) is 12.9. The highest BCUT2D eigenvalue weighted by Gasteiger charge is 2.42. The Balaban J connectivity index is 1.52. The first kappa shape index (κ1) is 27.5. The molecule has 202 valence electrons. The summed E-state index contributed by atoms with van der Waals surface area (Å²) in [5.74, 6) is 0.588. The number of aromatic nitrogens is 2. The van der Waals surface area contributed by atoms with E-state index in [1.807, 2.05) is 19.1 Å². The predicted octanol–water partition coefficient (Wildman–Crippen LogP) is 4.81. The van der Waals surface area contributed by atoms with Crippen molar-refractivity contribution in [2.45, 2.75) is 65.0 Å². The van der Waals surface area contributed by atoms with Gasteiger partial charge in [0.15, 0.2) is 0 Å². The van der Waals surface area contributed by atoms with Crippen LogP contribution in [0.25, 0.3) is 0 Å². The molecule has 10 nitrogen and oxygen atoms in total. The zero-order valence-corrected chi connectivity index (χ0v) is 22.9. The molecule has 0 aromatic carbocycles. The Hall–Kier alpha value is -2.52. The monoisotopic (exact) mass is 532 g/mol. The topological polar surface area (TPSA) is 126 Å². The van der Waals surface area contributed by atoms with Crippen molar-refractivity contribution >= 4 is 25.0 Å². The number of carbonyl (C=O) groups excluding carboxylic acids is 1. The van der Waals surface area contributed by atoms with Gasteiger partial charge in [0, 0.05) is 6.07 Å². The van der Waals surface area contributed by atoms with Crippen molar-refractivity contribution < 1.29 is 27.9 Å². The van der Waals surface area contributed by atoms with E-state index in [4.69, 9.17) is 24.3 Å². The minimum Gasteiger partial charge on any atom is -0.481 e. The lowest BCUT2D eigenvalue weighted by Crippen LogP contribution is -2.44. The molecule has 11 heteroatoms. The fraction of sp³-hybridized carbons (Fsp3) is 0.577. The lowest BCUT2D eigenvalue weighted by molar-refractivity contribution is -0.122. The number of methoxy groups -OCH3 is 1. The maximum absolute atomic E-state index is 13.9. The van der Waals surface area contributed by atoms with E-state index in [-0.39, 0.29) is 24.3 Å². The highest BCUT2D eigenvalue weighted by molar-refractivity contribution is 7.53. The van der Waals surface area contributed by atoms with Crippen LogP contribution < -0.4 is 15.4 Å². The molecule has 37 heavy (non-hydrogen) atoms. The van der Waals surface area contributed by atoms with Gasteiger partial charge in [-0.3, -0.25) is 9.36 Å². The van der Waals surface area contributed by atoms with E-state index in [0.29, 0.717) is 31.5 Å². The highest BCUT2D eigenvalue weighted by Crippen LogP contribution is 2.49. The number of nitrogens with zero attached hydrogens (tertiary/aromatic N) is 3. The molecule has 2 aliphatic rings. The number of hydrogen-bond acceptors (Lipinski definition) is 9. The number of nitrogen functional groups attached to an aromatic ring is 1. The van der Waals surface area contributed by atoms with Gasteiger partial charge in [0.1, 0.15) is 12.2 Å². The Kier molecular flexibility index (Phi) is 8.85. The van der Waals surface area contributed by atoms with Crippen LogP contribution >= 0.6 is 7.60 Å². The Morgan fingerprint density at radius 3 is 2.43 bits per heavy atom. The van der Waals surface area contributed by atoms with Gasteiger partial charge in [-0.15, -0.1) is 0 Å². The SMILES string of the molecule is CCOP(=O)(COC1CCC(C2C(=O)N(c3ccc(OC)nc3)Cc3c(C)cc(N)nc32)CC1)OCC. The molecule has 3 heterocycles. The molecule has 2 N–H and O–H groups in total. The van der Waals surface area contributed by atoms with E-state index < -0.39 is 13.5 Å². The van der Waals surface area contributed by atoms with Gasteiger partial charge >= 0.3 is 7.60 Å². The summed E-state index contributed by atoms with van der Waals surface area (Å²) in [6.45, 7) is 6.58. The van der Waals surface area contributed by atoms with Crippen LogP contribution in [0.2, 0.25) is 0 Å². The number of aryl methyl sites for hydroxylation is 1. The van der Waals surface area contributed by atoms with E-state index in [1.54, 1.807) is 38.1 Å². The van der Waals surface area contributed by atoms with Crippen molar-refractivity contribution in [3.05, 3.63) is 41.2 Å². The van der Waals surface area contributed by atoms with Gasteiger partial charge in [-0.1, -0.05) is 0 Å². The molecular formula is C26H37N4O6P. The predicted molar refractivity (Wildman–Crippen MR) is 141 cm³/mol. The molecule has 1 fully saturated rings.